The lowest BCUT2D eigenvalue weighted by Gasteiger charge is -2.22. The standard InChI is InChI=1S/C16H20FNO4/c1-16(2,3)22-15(20)18-13-6-5-10-11(13)7-9(8-12(10)17)14(19)21-4/h7-8,13H,5-6H2,1-4H3,(H,18,20)/t13-/m1/s1. The van der Waals surface area contributed by atoms with Crippen molar-refractivity contribution in [1.29, 1.82) is 0 Å². The maximum atomic E-state index is 14.1. The molecule has 22 heavy (non-hydrogen) atoms. The van der Waals surface area contributed by atoms with Crippen LogP contribution in [-0.2, 0) is 15.9 Å². The molecule has 0 fully saturated rings. The molecule has 6 heteroatoms. The number of amides is 1. The van der Waals surface area contributed by atoms with Crippen LogP contribution in [0.3, 0.4) is 0 Å². The van der Waals surface area contributed by atoms with Crippen molar-refractivity contribution >= 4 is 12.1 Å². The van der Waals surface area contributed by atoms with Gasteiger partial charge in [0, 0.05) is 0 Å². The largest absolute Gasteiger partial charge is 0.465 e. The van der Waals surface area contributed by atoms with Gasteiger partial charge in [-0.25, -0.2) is 14.0 Å². The average molecular weight is 309 g/mol. The molecular formula is C16H20FNO4. The van der Waals surface area contributed by atoms with Crippen molar-refractivity contribution < 1.29 is 23.5 Å². The highest BCUT2D eigenvalue weighted by molar-refractivity contribution is 5.89. The summed E-state index contributed by atoms with van der Waals surface area (Å²) in [5, 5.41) is 2.72. The second-order valence-electron chi connectivity index (χ2n) is 6.25. The lowest BCUT2D eigenvalue weighted by molar-refractivity contribution is 0.0503. The number of fused-ring (bicyclic) bond motifs is 1. The van der Waals surface area contributed by atoms with E-state index in [1.54, 1.807) is 26.8 Å². The van der Waals surface area contributed by atoms with Crippen molar-refractivity contribution in [3.8, 4) is 0 Å². The summed E-state index contributed by atoms with van der Waals surface area (Å²) in [6.45, 7) is 5.30. The molecule has 0 bridgehead atoms. The molecule has 1 aliphatic rings. The Hall–Kier alpha value is -2.11. The highest BCUT2D eigenvalue weighted by atomic mass is 19.1. The summed E-state index contributed by atoms with van der Waals surface area (Å²) in [5.74, 6) is -1.06. The van der Waals surface area contributed by atoms with E-state index in [2.05, 4.69) is 10.1 Å². The molecule has 0 aliphatic heterocycles. The molecule has 0 saturated carbocycles. The average Bonchev–Trinajstić information content (AvgIpc) is 2.79. The van der Waals surface area contributed by atoms with Gasteiger partial charge in [-0.3, -0.25) is 0 Å². The minimum absolute atomic E-state index is 0.136. The third kappa shape index (κ3) is 3.55. The first-order valence-corrected chi connectivity index (χ1v) is 7.11. The Morgan fingerprint density at radius 3 is 2.59 bits per heavy atom. The molecule has 5 nitrogen and oxygen atoms in total. The van der Waals surface area contributed by atoms with Crippen molar-refractivity contribution in [2.45, 2.75) is 45.3 Å². The van der Waals surface area contributed by atoms with Crippen molar-refractivity contribution in [1.82, 2.24) is 5.32 Å². The zero-order valence-corrected chi connectivity index (χ0v) is 13.2. The number of ether oxygens (including phenoxy) is 2. The first-order valence-electron chi connectivity index (χ1n) is 7.11. The Morgan fingerprint density at radius 1 is 1.32 bits per heavy atom. The zero-order valence-electron chi connectivity index (χ0n) is 13.2. The maximum absolute atomic E-state index is 14.1. The Kier molecular flexibility index (Phi) is 4.39. The van der Waals surface area contributed by atoms with E-state index in [0.717, 1.165) is 0 Å². The normalized spacial score (nSPS) is 16.9. The Bertz CT molecular complexity index is 607. The summed E-state index contributed by atoms with van der Waals surface area (Å²) >= 11 is 0. The predicted octanol–water partition coefficient (Wildman–Crippen LogP) is 3.12. The van der Waals surface area contributed by atoms with Crippen LogP contribution in [0.25, 0.3) is 0 Å². The molecule has 1 N–H and O–H groups in total. The van der Waals surface area contributed by atoms with Crippen LogP contribution in [0.2, 0.25) is 0 Å². The molecule has 0 unspecified atom stereocenters. The van der Waals surface area contributed by atoms with Gasteiger partial charge < -0.3 is 14.8 Å². The lowest BCUT2D eigenvalue weighted by Crippen LogP contribution is -2.34. The molecular weight excluding hydrogens is 289 g/mol. The Morgan fingerprint density at radius 2 is 2.00 bits per heavy atom. The summed E-state index contributed by atoms with van der Waals surface area (Å²) < 4.78 is 23.9. The molecule has 0 aromatic heterocycles. The fraction of sp³-hybridized carbons (Fsp3) is 0.500. The van der Waals surface area contributed by atoms with Gasteiger partial charge in [-0.05, 0) is 56.9 Å². The summed E-state index contributed by atoms with van der Waals surface area (Å²) in [7, 11) is 1.24. The van der Waals surface area contributed by atoms with Crippen LogP contribution in [0.4, 0.5) is 9.18 Å². The van der Waals surface area contributed by atoms with E-state index in [1.807, 2.05) is 0 Å². The van der Waals surface area contributed by atoms with E-state index in [4.69, 9.17) is 4.74 Å². The number of hydrogen-bond donors (Lipinski definition) is 1. The summed E-state index contributed by atoms with van der Waals surface area (Å²) in [6, 6.07) is 2.36. The number of nitrogens with one attached hydrogen (secondary N) is 1. The quantitative estimate of drug-likeness (QED) is 0.853. The molecule has 0 spiro atoms. The fourth-order valence-corrected chi connectivity index (χ4v) is 2.51. The van der Waals surface area contributed by atoms with Crippen LogP contribution in [0, 0.1) is 5.82 Å². The number of hydrogen-bond acceptors (Lipinski definition) is 4. The molecule has 1 aliphatic carbocycles. The highest BCUT2D eigenvalue weighted by Gasteiger charge is 2.29. The van der Waals surface area contributed by atoms with Gasteiger partial charge in [0.1, 0.15) is 11.4 Å². The molecule has 1 aromatic carbocycles. The first-order chi connectivity index (χ1) is 10.2. The van der Waals surface area contributed by atoms with Gasteiger partial charge >= 0.3 is 12.1 Å². The second kappa shape index (κ2) is 5.94. The highest BCUT2D eigenvalue weighted by Crippen LogP contribution is 2.34. The third-order valence-corrected chi connectivity index (χ3v) is 3.40. The predicted molar refractivity (Wildman–Crippen MR) is 78.2 cm³/mol. The van der Waals surface area contributed by atoms with Crippen LogP contribution in [0.5, 0.6) is 0 Å². The zero-order chi connectivity index (χ0) is 16.5. The van der Waals surface area contributed by atoms with Crippen molar-refractivity contribution in [3.05, 3.63) is 34.6 Å². The molecule has 0 radical (unpaired) electrons. The topological polar surface area (TPSA) is 64.6 Å². The molecule has 1 atom stereocenters. The number of methoxy groups -OCH3 is 1. The minimum atomic E-state index is -0.607. The van der Waals surface area contributed by atoms with Gasteiger partial charge in [-0.2, -0.15) is 0 Å². The first kappa shape index (κ1) is 16.3. The molecule has 1 aromatic rings. The second-order valence-corrected chi connectivity index (χ2v) is 6.25. The summed E-state index contributed by atoms with van der Waals surface area (Å²) in [6.07, 6.45) is 0.508. The smallest absolute Gasteiger partial charge is 0.408 e. The van der Waals surface area contributed by atoms with Crippen LogP contribution < -0.4 is 5.32 Å². The number of rotatable bonds is 2. The van der Waals surface area contributed by atoms with E-state index in [-0.39, 0.29) is 11.6 Å². The van der Waals surface area contributed by atoms with Crippen molar-refractivity contribution in [3.63, 3.8) is 0 Å². The maximum Gasteiger partial charge on any atom is 0.408 e. The molecule has 1 amide bonds. The van der Waals surface area contributed by atoms with Crippen LogP contribution in [0.1, 0.15) is 54.7 Å². The van der Waals surface area contributed by atoms with Crippen molar-refractivity contribution in [2.75, 3.05) is 7.11 Å². The van der Waals surface area contributed by atoms with Gasteiger partial charge in [0.15, 0.2) is 0 Å². The Balaban J connectivity index is 2.22. The van der Waals surface area contributed by atoms with Gasteiger partial charge in [0.05, 0.1) is 18.7 Å². The van der Waals surface area contributed by atoms with Crippen molar-refractivity contribution in [2.24, 2.45) is 0 Å². The number of halogens is 1. The Labute approximate surface area is 128 Å². The fourth-order valence-electron chi connectivity index (χ4n) is 2.51. The molecule has 0 saturated heterocycles. The third-order valence-electron chi connectivity index (χ3n) is 3.40. The monoisotopic (exact) mass is 309 g/mol. The van der Waals surface area contributed by atoms with Crippen LogP contribution in [-0.4, -0.2) is 24.8 Å². The van der Waals surface area contributed by atoms with E-state index in [9.17, 15) is 14.0 Å². The van der Waals surface area contributed by atoms with E-state index < -0.39 is 23.5 Å². The number of carbonyl (C=O) groups is 2. The molecule has 120 valence electrons. The van der Waals surface area contributed by atoms with E-state index in [0.29, 0.717) is 24.0 Å². The van der Waals surface area contributed by atoms with E-state index in [1.165, 1.54) is 13.2 Å². The summed E-state index contributed by atoms with van der Waals surface area (Å²) in [4.78, 5) is 23.4. The van der Waals surface area contributed by atoms with Gasteiger partial charge in [-0.1, -0.05) is 0 Å². The lowest BCUT2D eigenvalue weighted by atomic mass is 10.0. The van der Waals surface area contributed by atoms with Crippen LogP contribution in [0.15, 0.2) is 12.1 Å². The summed E-state index contributed by atoms with van der Waals surface area (Å²) in [5.41, 5.74) is 0.654. The van der Waals surface area contributed by atoms with Gasteiger partial charge in [-0.15, -0.1) is 0 Å². The minimum Gasteiger partial charge on any atom is -0.465 e. The number of benzene rings is 1. The SMILES string of the molecule is COC(=O)c1cc(F)c2c(c1)[C@H](NC(=O)OC(C)(C)C)CC2. The number of alkyl carbamates (subject to hydrolysis) is 1. The molecule has 2 rings (SSSR count). The van der Waals surface area contributed by atoms with Gasteiger partial charge in [0.2, 0.25) is 0 Å². The number of carbonyl (C=O) groups excluding carboxylic acids is 2. The van der Waals surface area contributed by atoms with Crippen LogP contribution >= 0.6 is 0 Å². The number of esters is 1. The molecule has 0 heterocycles. The van der Waals surface area contributed by atoms with Gasteiger partial charge in [0.25, 0.3) is 0 Å². The van der Waals surface area contributed by atoms with E-state index >= 15 is 0 Å².